The molecule has 188 valence electrons. The first kappa shape index (κ1) is 25.0. The number of benzene rings is 2. The van der Waals surface area contributed by atoms with E-state index in [9.17, 15) is 18.0 Å². The highest BCUT2D eigenvalue weighted by molar-refractivity contribution is 7.92. The third-order valence-electron chi connectivity index (χ3n) is 6.28. The van der Waals surface area contributed by atoms with Gasteiger partial charge in [0.05, 0.1) is 36.4 Å². The molecule has 10 heteroatoms. The molecule has 1 N–H and O–H groups in total. The van der Waals surface area contributed by atoms with E-state index in [0.29, 0.717) is 49.7 Å². The van der Waals surface area contributed by atoms with Gasteiger partial charge in [-0.3, -0.25) is 14.4 Å². The van der Waals surface area contributed by atoms with Gasteiger partial charge in [0.15, 0.2) is 0 Å². The van der Waals surface area contributed by atoms with Crippen molar-refractivity contribution in [1.82, 2.24) is 0 Å². The molecule has 0 aromatic heterocycles. The molecule has 4 rings (SSSR count). The Morgan fingerprint density at radius 1 is 1.06 bits per heavy atom. The molecule has 1 saturated heterocycles. The summed E-state index contributed by atoms with van der Waals surface area (Å²) in [6.45, 7) is 6.45. The number of anilines is 3. The Kier molecular flexibility index (Phi) is 7.32. The molecule has 0 aliphatic carbocycles. The lowest BCUT2D eigenvalue weighted by atomic mass is 10.0. The maximum absolute atomic E-state index is 13.2. The fraction of sp³-hybridized carbons (Fsp3) is 0.440. The standard InChI is InChI=1S/C25H31N3O6S/c1-4-35(31,32)26-21-8-5-19(6-9-21)20-7-10-23-24(15-20)27(16-17(2)28(23)18(3)29)25(30)34-22-11-13-33-14-12-22/h5-10,15,17,22,26H,4,11-14,16H2,1-3H3/t17-/m0/s1. The number of rotatable bonds is 5. The third-order valence-corrected chi connectivity index (χ3v) is 7.59. The van der Waals surface area contributed by atoms with Crippen LogP contribution < -0.4 is 14.5 Å². The number of nitrogens with zero attached hydrogens (tertiary/aromatic N) is 2. The number of nitrogens with one attached hydrogen (secondary N) is 1. The van der Waals surface area contributed by atoms with Crippen molar-refractivity contribution in [3.05, 3.63) is 42.5 Å². The van der Waals surface area contributed by atoms with E-state index < -0.39 is 16.1 Å². The van der Waals surface area contributed by atoms with Gasteiger partial charge in [0.1, 0.15) is 6.10 Å². The van der Waals surface area contributed by atoms with E-state index in [0.717, 1.165) is 11.1 Å². The van der Waals surface area contributed by atoms with Crippen LogP contribution in [0.5, 0.6) is 0 Å². The van der Waals surface area contributed by atoms with E-state index in [1.54, 1.807) is 28.9 Å². The lowest BCUT2D eigenvalue weighted by Gasteiger charge is -2.41. The molecule has 2 aliphatic rings. The molecule has 1 fully saturated rings. The van der Waals surface area contributed by atoms with Gasteiger partial charge < -0.3 is 14.4 Å². The summed E-state index contributed by atoms with van der Waals surface area (Å²) in [5, 5.41) is 0. The maximum Gasteiger partial charge on any atom is 0.414 e. The lowest BCUT2D eigenvalue weighted by Crippen LogP contribution is -2.52. The van der Waals surface area contributed by atoms with Crippen molar-refractivity contribution in [1.29, 1.82) is 0 Å². The summed E-state index contributed by atoms with van der Waals surface area (Å²) in [5.74, 6) is -0.110. The molecule has 2 amide bonds. The minimum absolute atomic E-state index is 0.00946. The fourth-order valence-electron chi connectivity index (χ4n) is 4.44. The Bertz CT molecular complexity index is 1190. The largest absolute Gasteiger partial charge is 0.446 e. The Hall–Kier alpha value is -3.11. The monoisotopic (exact) mass is 501 g/mol. The number of hydrogen-bond acceptors (Lipinski definition) is 6. The van der Waals surface area contributed by atoms with Crippen LogP contribution in [0.1, 0.15) is 33.6 Å². The van der Waals surface area contributed by atoms with Crippen molar-refractivity contribution in [2.24, 2.45) is 0 Å². The van der Waals surface area contributed by atoms with E-state index in [2.05, 4.69) is 4.72 Å². The number of carbonyl (C=O) groups excluding carboxylic acids is 2. The second kappa shape index (κ2) is 10.2. The second-order valence-electron chi connectivity index (χ2n) is 8.83. The van der Waals surface area contributed by atoms with E-state index in [1.165, 1.54) is 6.92 Å². The van der Waals surface area contributed by atoms with E-state index in [4.69, 9.17) is 9.47 Å². The van der Waals surface area contributed by atoms with Gasteiger partial charge in [0.2, 0.25) is 15.9 Å². The molecular weight excluding hydrogens is 470 g/mol. The highest BCUT2D eigenvalue weighted by Crippen LogP contribution is 2.39. The van der Waals surface area contributed by atoms with Crippen molar-refractivity contribution in [2.45, 2.75) is 45.8 Å². The predicted molar refractivity (Wildman–Crippen MR) is 135 cm³/mol. The van der Waals surface area contributed by atoms with Gasteiger partial charge in [-0.2, -0.15) is 0 Å². The van der Waals surface area contributed by atoms with Crippen molar-refractivity contribution in [3.8, 4) is 11.1 Å². The van der Waals surface area contributed by atoms with Crippen LogP contribution in [-0.2, 0) is 24.3 Å². The number of sulfonamides is 1. The topological polar surface area (TPSA) is 105 Å². The molecule has 0 radical (unpaired) electrons. The average Bonchev–Trinajstić information content (AvgIpc) is 2.84. The second-order valence-corrected chi connectivity index (χ2v) is 10.8. The SMILES string of the molecule is CCS(=O)(=O)Nc1ccc(-c2ccc3c(c2)N(C(=O)OC2CCOCC2)C[C@H](C)N3C(C)=O)cc1. The number of carbonyl (C=O) groups is 2. The Morgan fingerprint density at radius 2 is 1.71 bits per heavy atom. The van der Waals surface area contributed by atoms with Crippen LogP contribution in [0.3, 0.4) is 0 Å². The highest BCUT2D eigenvalue weighted by Gasteiger charge is 2.35. The number of amides is 2. The number of hydrogen-bond donors (Lipinski definition) is 1. The summed E-state index contributed by atoms with van der Waals surface area (Å²) in [4.78, 5) is 28.9. The summed E-state index contributed by atoms with van der Waals surface area (Å²) in [6, 6.07) is 12.4. The molecule has 1 atom stereocenters. The molecule has 2 aromatic rings. The minimum Gasteiger partial charge on any atom is -0.446 e. The zero-order chi connectivity index (χ0) is 25.2. The molecule has 0 bridgehead atoms. The first-order valence-electron chi connectivity index (χ1n) is 11.8. The van der Waals surface area contributed by atoms with Crippen LogP contribution in [0.2, 0.25) is 0 Å². The van der Waals surface area contributed by atoms with E-state index in [-0.39, 0.29) is 23.8 Å². The first-order chi connectivity index (χ1) is 16.7. The summed E-state index contributed by atoms with van der Waals surface area (Å²) in [7, 11) is -3.36. The van der Waals surface area contributed by atoms with Crippen LogP contribution in [-0.4, -0.2) is 58.1 Å². The van der Waals surface area contributed by atoms with Crippen LogP contribution >= 0.6 is 0 Å². The molecule has 0 spiro atoms. The van der Waals surface area contributed by atoms with Gasteiger partial charge in [-0.05, 0) is 49.2 Å². The Morgan fingerprint density at radius 3 is 2.34 bits per heavy atom. The normalized spacial score (nSPS) is 18.7. The molecule has 2 heterocycles. The molecule has 0 saturated carbocycles. The zero-order valence-corrected chi connectivity index (χ0v) is 21.0. The summed E-state index contributed by atoms with van der Waals surface area (Å²) in [5.41, 5.74) is 3.40. The van der Waals surface area contributed by atoms with Gasteiger partial charge in [-0.1, -0.05) is 18.2 Å². The van der Waals surface area contributed by atoms with Crippen LogP contribution in [0, 0.1) is 0 Å². The molecule has 35 heavy (non-hydrogen) atoms. The van der Waals surface area contributed by atoms with Crippen molar-refractivity contribution < 1.29 is 27.5 Å². The molecule has 2 aliphatic heterocycles. The first-order valence-corrected chi connectivity index (χ1v) is 13.4. The molecule has 2 aromatic carbocycles. The van der Waals surface area contributed by atoms with E-state index in [1.807, 2.05) is 37.3 Å². The van der Waals surface area contributed by atoms with E-state index >= 15 is 0 Å². The Balaban J connectivity index is 1.65. The quantitative estimate of drug-likeness (QED) is 0.664. The average molecular weight is 502 g/mol. The third kappa shape index (κ3) is 5.59. The van der Waals surface area contributed by atoms with Crippen LogP contribution in [0.25, 0.3) is 11.1 Å². The molecule has 9 nitrogen and oxygen atoms in total. The Labute approximate surface area is 206 Å². The van der Waals surface area contributed by atoms with Crippen LogP contribution in [0.15, 0.2) is 42.5 Å². The summed E-state index contributed by atoms with van der Waals surface area (Å²) < 4.78 is 37.4. The number of ether oxygens (including phenoxy) is 2. The number of fused-ring (bicyclic) bond motifs is 1. The summed E-state index contributed by atoms with van der Waals surface area (Å²) >= 11 is 0. The maximum atomic E-state index is 13.2. The zero-order valence-electron chi connectivity index (χ0n) is 20.2. The van der Waals surface area contributed by atoms with Crippen molar-refractivity contribution in [3.63, 3.8) is 0 Å². The lowest BCUT2D eigenvalue weighted by molar-refractivity contribution is -0.117. The van der Waals surface area contributed by atoms with Crippen molar-refractivity contribution >= 4 is 39.1 Å². The van der Waals surface area contributed by atoms with Gasteiger partial charge in [-0.25, -0.2) is 13.2 Å². The predicted octanol–water partition coefficient (Wildman–Crippen LogP) is 3.99. The van der Waals surface area contributed by atoms with Crippen molar-refractivity contribution in [2.75, 3.05) is 40.0 Å². The fourth-order valence-corrected chi connectivity index (χ4v) is 5.08. The highest BCUT2D eigenvalue weighted by atomic mass is 32.2. The smallest absolute Gasteiger partial charge is 0.414 e. The van der Waals surface area contributed by atoms with Crippen LogP contribution in [0.4, 0.5) is 21.9 Å². The van der Waals surface area contributed by atoms with Gasteiger partial charge in [0.25, 0.3) is 0 Å². The summed E-state index contributed by atoms with van der Waals surface area (Å²) in [6.07, 6.45) is 0.698. The van der Waals surface area contributed by atoms with Gasteiger partial charge in [-0.15, -0.1) is 0 Å². The molecule has 0 unspecified atom stereocenters. The molecular formula is C25H31N3O6S. The van der Waals surface area contributed by atoms with Gasteiger partial charge in [0, 0.05) is 32.0 Å². The van der Waals surface area contributed by atoms with Gasteiger partial charge >= 0.3 is 6.09 Å². The minimum atomic E-state index is -3.36.